The summed E-state index contributed by atoms with van der Waals surface area (Å²) >= 11 is 0. The lowest BCUT2D eigenvalue weighted by Crippen LogP contribution is -2.17. The summed E-state index contributed by atoms with van der Waals surface area (Å²) in [5.74, 6) is -0.194. The molecule has 0 heterocycles. The summed E-state index contributed by atoms with van der Waals surface area (Å²) in [6.07, 6.45) is -4.65. The van der Waals surface area contributed by atoms with E-state index < -0.39 is 6.36 Å². The molecule has 0 radical (unpaired) electrons. The molecule has 4 heteroatoms. The van der Waals surface area contributed by atoms with Gasteiger partial charge in [-0.1, -0.05) is 49.7 Å². The van der Waals surface area contributed by atoms with E-state index in [4.69, 9.17) is 0 Å². The lowest BCUT2D eigenvalue weighted by atomic mass is 9.99. The Morgan fingerprint density at radius 3 is 1.90 bits per heavy atom. The standard InChI is InChI=1S/C15H13F3O.C2H6/c1-10-3-5-12(6-4-10)14-8-7-13(9-11(14)2)19-15(16,17)18;1-2/h3-9H,1-2H3;1-2H3. The first-order chi connectivity index (χ1) is 9.85. The second kappa shape index (κ2) is 7.16. The smallest absolute Gasteiger partial charge is 0.406 e. The zero-order chi connectivity index (χ0) is 16.0. The van der Waals surface area contributed by atoms with Gasteiger partial charge < -0.3 is 4.74 Å². The zero-order valence-corrected chi connectivity index (χ0v) is 12.6. The largest absolute Gasteiger partial charge is 0.573 e. The molecule has 0 aliphatic heterocycles. The van der Waals surface area contributed by atoms with E-state index in [2.05, 4.69) is 4.74 Å². The highest BCUT2D eigenvalue weighted by Gasteiger charge is 2.31. The van der Waals surface area contributed by atoms with Crippen LogP contribution in [0.5, 0.6) is 5.75 Å². The molecule has 0 aromatic heterocycles. The summed E-state index contributed by atoms with van der Waals surface area (Å²) in [5, 5.41) is 0. The van der Waals surface area contributed by atoms with Crippen LogP contribution in [-0.2, 0) is 0 Å². The fourth-order valence-corrected chi connectivity index (χ4v) is 1.89. The molecule has 0 atom stereocenters. The Labute approximate surface area is 123 Å². The van der Waals surface area contributed by atoms with Crippen LogP contribution >= 0.6 is 0 Å². The quantitative estimate of drug-likeness (QED) is 0.671. The molecule has 21 heavy (non-hydrogen) atoms. The van der Waals surface area contributed by atoms with Crippen LogP contribution < -0.4 is 4.74 Å². The topological polar surface area (TPSA) is 9.23 Å². The normalized spacial score (nSPS) is 10.6. The molecular weight excluding hydrogens is 277 g/mol. The predicted molar refractivity (Wildman–Crippen MR) is 79.4 cm³/mol. The molecule has 0 saturated carbocycles. The van der Waals surface area contributed by atoms with Crippen LogP contribution in [0.1, 0.15) is 25.0 Å². The summed E-state index contributed by atoms with van der Waals surface area (Å²) in [7, 11) is 0. The Balaban J connectivity index is 0.00000106. The number of alkyl halides is 3. The Kier molecular flexibility index (Phi) is 5.82. The first-order valence-electron chi connectivity index (χ1n) is 6.78. The Hall–Kier alpha value is -1.97. The van der Waals surface area contributed by atoms with Crippen molar-refractivity contribution in [3.05, 3.63) is 53.6 Å². The van der Waals surface area contributed by atoms with Gasteiger partial charge in [0.05, 0.1) is 0 Å². The van der Waals surface area contributed by atoms with Crippen LogP contribution in [0, 0.1) is 13.8 Å². The first kappa shape index (κ1) is 17.1. The SMILES string of the molecule is CC.Cc1ccc(-c2ccc(OC(F)(F)F)cc2C)cc1. The van der Waals surface area contributed by atoms with Gasteiger partial charge in [-0.05, 0) is 42.7 Å². The number of benzene rings is 2. The third kappa shape index (κ3) is 5.14. The van der Waals surface area contributed by atoms with Gasteiger partial charge in [0.1, 0.15) is 5.75 Å². The second-order valence-corrected chi connectivity index (χ2v) is 4.39. The van der Waals surface area contributed by atoms with Gasteiger partial charge in [-0.15, -0.1) is 13.2 Å². The summed E-state index contributed by atoms with van der Waals surface area (Å²) in [6, 6.07) is 12.2. The van der Waals surface area contributed by atoms with Crippen LogP contribution in [-0.4, -0.2) is 6.36 Å². The van der Waals surface area contributed by atoms with Crippen molar-refractivity contribution in [1.29, 1.82) is 0 Å². The maximum atomic E-state index is 12.1. The number of hydrogen-bond acceptors (Lipinski definition) is 1. The third-order valence-corrected chi connectivity index (χ3v) is 2.79. The average Bonchev–Trinajstić information content (AvgIpc) is 2.41. The summed E-state index contributed by atoms with van der Waals surface area (Å²) in [5.41, 5.74) is 3.75. The van der Waals surface area contributed by atoms with Crippen molar-refractivity contribution in [3.8, 4) is 16.9 Å². The molecule has 0 amide bonds. The number of rotatable bonds is 2. The summed E-state index contributed by atoms with van der Waals surface area (Å²) < 4.78 is 40.2. The van der Waals surface area contributed by atoms with E-state index in [-0.39, 0.29) is 5.75 Å². The van der Waals surface area contributed by atoms with Crippen molar-refractivity contribution >= 4 is 0 Å². The van der Waals surface area contributed by atoms with Gasteiger partial charge in [-0.3, -0.25) is 0 Å². The zero-order valence-electron chi connectivity index (χ0n) is 12.6. The number of ether oxygens (including phenoxy) is 1. The van der Waals surface area contributed by atoms with Crippen molar-refractivity contribution in [3.63, 3.8) is 0 Å². The van der Waals surface area contributed by atoms with Crippen LogP contribution in [0.2, 0.25) is 0 Å². The van der Waals surface area contributed by atoms with E-state index in [0.29, 0.717) is 0 Å². The molecule has 0 fully saturated rings. The molecule has 2 aromatic rings. The molecule has 0 spiro atoms. The molecule has 0 bridgehead atoms. The van der Waals surface area contributed by atoms with Gasteiger partial charge in [-0.25, -0.2) is 0 Å². The van der Waals surface area contributed by atoms with Crippen molar-refractivity contribution in [2.24, 2.45) is 0 Å². The summed E-state index contributed by atoms with van der Waals surface area (Å²) in [4.78, 5) is 0. The molecular formula is C17H19F3O. The van der Waals surface area contributed by atoms with Gasteiger partial charge in [0.15, 0.2) is 0 Å². The average molecular weight is 296 g/mol. The van der Waals surface area contributed by atoms with Crippen LogP contribution in [0.15, 0.2) is 42.5 Å². The second-order valence-electron chi connectivity index (χ2n) is 4.39. The molecule has 2 rings (SSSR count). The Morgan fingerprint density at radius 1 is 0.857 bits per heavy atom. The minimum absolute atomic E-state index is 0.194. The van der Waals surface area contributed by atoms with Gasteiger partial charge in [-0.2, -0.15) is 0 Å². The van der Waals surface area contributed by atoms with Crippen LogP contribution in [0.3, 0.4) is 0 Å². The third-order valence-electron chi connectivity index (χ3n) is 2.79. The van der Waals surface area contributed by atoms with E-state index in [9.17, 15) is 13.2 Å². The summed E-state index contributed by atoms with van der Waals surface area (Å²) in [6.45, 7) is 7.75. The minimum Gasteiger partial charge on any atom is -0.406 e. The predicted octanol–water partition coefficient (Wildman–Crippen LogP) is 5.90. The Morgan fingerprint density at radius 2 is 1.43 bits per heavy atom. The maximum Gasteiger partial charge on any atom is 0.573 e. The number of halogens is 3. The van der Waals surface area contributed by atoms with E-state index in [1.54, 1.807) is 13.0 Å². The van der Waals surface area contributed by atoms with E-state index in [1.165, 1.54) is 12.1 Å². The molecule has 114 valence electrons. The fourth-order valence-electron chi connectivity index (χ4n) is 1.89. The van der Waals surface area contributed by atoms with Gasteiger partial charge >= 0.3 is 6.36 Å². The van der Waals surface area contributed by atoms with Crippen LogP contribution in [0.4, 0.5) is 13.2 Å². The van der Waals surface area contributed by atoms with E-state index in [1.807, 2.05) is 45.0 Å². The molecule has 1 nitrogen and oxygen atoms in total. The monoisotopic (exact) mass is 296 g/mol. The highest BCUT2D eigenvalue weighted by atomic mass is 19.4. The molecule has 2 aromatic carbocycles. The highest BCUT2D eigenvalue weighted by molar-refractivity contribution is 5.68. The molecule has 0 saturated heterocycles. The molecule has 0 N–H and O–H groups in total. The Bertz CT molecular complexity index is 572. The lowest BCUT2D eigenvalue weighted by Gasteiger charge is -2.12. The van der Waals surface area contributed by atoms with Gasteiger partial charge in [0.2, 0.25) is 0 Å². The number of hydrogen-bond donors (Lipinski definition) is 0. The van der Waals surface area contributed by atoms with Crippen molar-refractivity contribution in [1.82, 2.24) is 0 Å². The lowest BCUT2D eigenvalue weighted by molar-refractivity contribution is -0.274. The van der Waals surface area contributed by atoms with Gasteiger partial charge in [0, 0.05) is 0 Å². The highest BCUT2D eigenvalue weighted by Crippen LogP contribution is 2.29. The molecule has 0 aliphatic rings. The maximum absolute atomic E-state index is 12.1. The van der Waals surface area contributed by atoms with Gasteiger partial charge in [0.25, 0.3) is 0 Å². The van der Waals surface area contributed by atoms with Crippen molar-refractivity contribution < 1.29 is 17.9 Å². The van der Waals surface area contributed by atoms with Crippen LogP contribution in [0.25, 0.3) is 11.1 Å². The molecule has 0 unspecified atom stereocenters. The van der Waals surface area contributed by atoms with E-state index >= 15 is 0 Å². The minimum atomic E-state index is -4.65. The van der Waals surface area contributed by atoms with E-state index in [0.717, 1.165) is 22.3 Å². The first-order valence-corrected chi connectivity index (χ1v) is 6.78. The van der Waals surface area contributed by atoms with Crippen molar-refractivity contribution in [2.75, 3.05) is 0 Å². The van der Waals surface area contributed by atoms with Crippen molar-refractivity contribution in [2.45, 2.75) is 34.1 Å². The number of aryl methyl sites for hydroxylation is 2. The molecule has 0 aliphatic carbocycles. The fraction of sp³-hybridized carbons (Fsp3) is 0.294.